The Hall–Kier alpha value is -1.14. The van der Waals surface area contributed by atoms with Crippen LogP contribution in [0.4, 0.5) is 5.69 Å². The van der Waals surface area contributed by atoms with Gasteiger partial charge in [-0.25, -0.2) is 0 Å². The molecule has 0 unspecified atom stereocenters. The molecule has 0 heterocycles. The molecule has 2 N–H and O–H groups in total. The zero-order valence-electron chi connectivity index (χ0n) is 8.98. The van der Waals surface area contributed by atoms with Gasteiger partial charge in [0.1, 0.15) is 0 Å². The maximum absolute atomic E-state index is 5.34. The number of rotatable bonds is 0. The van der Waals surface area contributed by atoms with E-state index in [2.05, 4.69) is 12.1 Å². The Balaban J connectivity index is 0. The van der Waals surface area contributed by atoms with E-state index >= 15 is 0 Å². The molecule has 2 rings (SSSR count). The number of anilines is 1. The second-order valence-electron chi connectivity index (χ2n) is 2.41. The van der Waals surface area contributed by atoms with Crippen molar-refractivity contribution in [3.63, 3.8) is 0 Å². The maximum atomic E-state index is 5.34. The van der Waals surface area contributed by atoms with Crippen LogP contribution in [0.25, 0.3) is 0 Å². The summed E-state index contributed by atoms with van der Waals surface area (Å²) in [4.78, 5) is 0. The first-order valence-corrected chi connectivity index (χ1v) is 4.02. The van der Waals surface area contributed by atoms with E-state index in [1.54, 1.807) is 24.3 Å². The third kappa shape index (κ3) is 9.17. The Morgan fingerprint density at radius 2 is 1.27 bits per heavy atom. The third-order valence-corrected chi connectivity index (χ3v) is 1.35. The molecule has 0 bridgehead atoms. The Morgan fingerprint density at radius 3 is 1.47 bits per heavy atom. The molecule has 2 aromatic rings. The minimum absolute atomic E-state index is 0. The number of benzene rings is 2. The van der Waals surface area contributed by atoms with E-state index in [1.165, 1.54) is 0 Å². The topological polar surface area (TPSA) is 26.0 Å². The van der Waals surface area contributed by atoms with Crippen molar-refractivity contribution in [2.75, 3.05) is 5.73 Å². The van der Waals surface area contributed by atoms with E-state index in [1.807, 2.05) is 30.3 Å². The quantitative estimate of drug-likeness (QED) is 0.434. The summed E-state index contributed by atoms with van der Waals surface area (Å²) in [6, 6.07) is 22.5. The molecule has 0 aliphatic carbocycles. The van der Waals surface area contributed by atoms with Crippen molar-refractivity contribution < 1.29 is 19.5 Å². The van der Waals surface area contributed by atoms with E-state index in [4.69, 9.17) is 5.73 Å². The van der Waals surface area contributed by atoms with E-state index in [9.17, 15) is 0 Å². The molecule has 0 saturated carbocycles. The molecule has 0 aliphatic heterocycles. The van der Waals surface area contributed by atoms with E-state index < -0.39 is 0 Å². The van der Waals surface area contributed by atoms with Gasteiger partial charge in [0.2, 0.25) is 0 Å². The Bertz CT molecular complexity index is 281. The van der Waals surface area contributed by atoms with Crippen molar-refractivity contribution in [3.8, 4) is 0 Å². The van der Waals surface area contributed by atoms with Gasteiger partial charge in [-0.1, -0.05) is 5.69 Å². The predicted octanol–water partition coefficient (Wildman–Crippen LogP) is 3.00. The van der Waals surface area contributed by atoms with Crippen molar-refractivity contribution in [1.82, 2.24) is 0 Å². The van der Waals surface area contributed by atoms with Crippen LogP contribution >= 0.6 is 0 Å². The zero-order chi connectivity index (χ0) is 9.36. The van der Waals surface area contributed by atoms with Crippen molar-refractivity contribution in [1.29, 1.82) is 0 Å². The first-order chi connectivity index (χ1) is 6.39. The summed E-state index contributed by atoms with van der Waals surface area (Å²) in [7, 11) is 0. The Labute approximate surface area is 105 Å². The van der Waals surface area contributed by atoms with Gasteiger partial charge in [-0.15, -0.1) is 12.1 Å². The van der Waals surface area contributed by atoms with Gasteiger partial charge in [0, 0.05) is 19.5 Å². The molecule has 0 fully saturated rings. The van der Waals surface area contributed by atoms with Gasteiger partial charge in [0.05, 0.1) is 0 Å². The molecule has 1 nitrogen and oxygen atoms in total. The van der Waals surface area contributed by atoms with Crippen LogP contribution in [0.3, 0.4) is 0 Å². The largest absolute Gasteiger partial charge is 0.419 e. The van der Waals surface area contributed by atoms with Gasteiger partial charge in [0.25, 0.3) is 0 Å². The molecule has 0 aromatic heterocycles. The van der Waals surface area contributed by atoms with E-state index in [0.717, 1.165) is 5.69 Å². The fourth-order valence-corrected chi connectivity index (χ4v) is 0.742. The van der Waals surface area contributed by atoms with Gasteiger partial charge < -0.3 is 13.2 Å². The second-order valence-corrected chi connectivity index (χ2v) is 2.41. The smallest absolute Gasteiger partial charge is 0 e. The molecular formula is C13H14NZn-3. The molecule has 2 heteroatoms. The zero-order valence-corrected chi connectivity index (χ0v) is 11.9. The number of nitrogen functional groups attached to an aromatic ring is 1. The molecule has 0 atom stereocenters. The molecule has 0 radical (unpaired) electrons. The Kier molecular flexibility index (Phi) is 11.9. The standard InChI is InChI=1S/C6H6N.C6H5.CH3.Zn/c7-6-4-2-1-3-5-6;1-2-4-6-5-3-1;;/h2-5H,7H2;1-5H;1H3;/q3*-1;. The van der Waals surface area contributed by atoms with Crippen molar-refractivity contribution in [2.24, 2.45) is 0 Å². The van der Waals surface area contributed by atoms with Crippen molar-refractivity contribution in [3.05, 3.63) is 74.2 Å². The van der Waals surface area contributed by atoms with Crippen LogP contribution < -0.4 is 5.73 Å². The van der Waals surface area contributed by atoms with Crippen LogP contribution in [-0.4, -0.2) is 0 Å². The SMILES string of the molecule is Nc1cc[c-]cc1.[CH3-].[Zn].[c-]1ccccc1. The summed E-state index contributed by atoms with van der Waals surface area (Å²) >= 11 is 0. The molecule has 2 aromatic carbocycles. The monoisotopic (exact) mass is 248 g/mol. The minimum atomic E-state index is 0. The molecule has 0 amide bonds. The Morgan fingerprint density at radius 1 is 0.800 bits per heavy atom. The van der Waals surface area contributed by atoms with Gasteiger partial charge in [-0.3, -0.25) is 0 Å². The molecule has 15 heavy (non-hydrogen) atoms. The van der Waals surface area contributed by atoms with Gasteiger partial charge in [0.15, 0.2) is 0 Å². The van der Waals surface area contributed by atoms with Crippen molar-refractivity contribution in [2.45, 2.75) is 0 Å². The number of hydrogen-bond donors (Lipinski definition) is 1. The molecular weight excluding hydrogens is 236 g/mol. The van der Waals surface area contributed by atoms with Gasteiger partial charge >= 0.3 is 0 Å². The van der Waals surface area contributed by atoms with Crippen LogP contribution in [0.5, 0.6) is 0 Å². The predicted molar refractivity (Wildman–Crippen MR) is 61.4 cm³/mol. The summed E-state index contributed by atoms with van der Waals surface area (Å²) in [5, 5.41) is 0. The summed E-state index contributed by atoms with van der Waals surface area (Å²) in [6.07, 6.45) is 0. The summed E-state index contributed by atoms with van der Waals surface area (Å²) in [5.41, 5.74) is 6.13. The van der Waals surface area contributed by atoms with Crippen LogP contribution in [0.1, 0.15) is 0 Å². The van der Waals surface area contributed by atoms with Crippen LogP contribution in [0.15, 0.2) is 54.6 Å². The molecule has 76 valence electrons. The van der Waals surface area contributed by atoms with E-state index in [0.29, 0.717) is 0 Å². The first kappa shape index (κ1) is 16.3. The maximum Gasteiger partial charge on any atom is 0 e. The minimum Gasteiger partial charge on any atom is -0.419 e. The van der Waals surface area contributed by atoms with Gasteiger partial charge in [-0.05, 0) is 0 Å². The van der Waals surface area contributed by atoms with Crippen LogP contribution in [0, 0.1) is 19.6 Å². The molecule has 0 aliphatic rings. The average Bonchev–Trinajstić information content (AvgIpc) is 2.22. The number of hydrogen-bond acceptors (Lipinski definition) is 1. The summed E-state index contributed by atoms with van der Waals surface area (Å²) in [5.74, 6) is 0. The molecule has 0 saturated heterocycles. The third-order valence-electron chi connectivity index (χ3n) is 1.35. The van der Waals surface area contributed by atoms with Crippen molar-refractivity contribution >= 4 is 5.69 Å². The molecule has 0 spiro atoms. The fraction of sp³-hybridized carbons (Fsp3) is 0. The number of nitrogens with two attached hydrogens (primary N) is 1. The second kappa shape index (κ2) is 10.9. The summed E-state index contributed by atoms with van der Waals surface area (Å²) in [6.45, 7) is 0. The van der Waals surface area contributed by atoms with Crippen LogP contribution in [0.2, 0.25) is 0 Å². The normalized spacial score (nSPS) is 7.20. The van der Waals surface area contributed by atoms with E-state index in [-0.39, 0.29) is 26.9 Å². The summed E-state index contributed by atoms with van der Waals surface area (Å²) < 4.78 is 0. The average molecular weight is 250 g/mol. The first-order valence-electron chi connectivity index (χ1n) is 4.02. The van der Waals surface area contributed by atoms with Crippen LogP contribution in [-0.2, 0) is 19.5 Å². The van der Waals surface area contributed by atoms with Gasteiger partial charge in [-0.2, -0.15) is 54.6 Å². The fourth-order valence-electron chi connectivity index (χ4n) is 0.742.